The van der Waals surface area contributed by atoms with Crippen LogP contribution in [0.25, 0.3) is 0 Å². The normalized spacial score (nSPS) is 12.2. The summed E-state index contributed by atoms with van der Waals surface area (Å²) in [5.74, 6) is 2.07. The number of benzene rings is 3. The van der Waals surface area contributed by atoms with Crippen molar-refractivity contribution >= 4 is 11.6 Å². The van der Waals surface area contributed by atoms with Gasteiger partial charge in [0.05, 0.1) is 27.2 Å². The summed E-state index contributed by atoms with van der Waals surface area (Å²) in [7, 11) is 4.61. The molecule has 6 nitrogen and oxygen atoms in total. The molecule has 0 unspecified atom stereocenters. The molecule has 0 bridgehead atoms. The molecule has 3 aromatic carbocycles. The third-order valence-electron chi connectivity index (χ3n) is 4.87. The van der Waals surface area contributed by atoms with Crippen LogP contribution in [0.15, 0.2) is 60.7 Å². The Labute approximate surface area is 169 Å². The third-order valence-corrected chi connectivity index (χ3v) is 4.87. The maximum absolute atomic E-state index is 13.4. The van der Waals surface area contributed by atoms with E-state index in [0.29, 0.717) is 34.4 Å². The van der Waals surface area contributed by atoms with Crippen molar-refractivity contribution in [3.8, 4) is 28.7 Å². The van der Waals surface area contributed by atoms with Gasteiger partial charge in [-0.1, -0.05) is 36.4 Å². The first-order chi connectivity index (χ1) is 14.2. The van der Waals surface area contributed by atoms with Gasteiger partial charge >= 0.3 is 0 Å². The molecule has 0 aromatic heterocycles. The van der Waals surface area contributed by atoms with Crippen molar-refractivity contribution in [2.24, 2.45) is 0 Å². The van der Waals surface area contributed by atoms with Crippen LogP contribution in [0.5, 0.6) is 28.7 Å². The smallest absolute Gasteiger partial charge is 0.236 e. The van der Waals surface area contributed by atoms with Gasteiger partial charge in [0.25, 0.3) is 0 Å². The van der Waals surface area contributed by atoms with Gasteiger partial charge in [-0.3, -0.25) is 4.79 Å². The lowest BCUT2D eigenvalue weighted by molar-refractivity contribution is -0.116. The van der Waals surface area contributed by atoms with Crippen LogP contribution in [0.3, 0.4) is 0 Å². The predicted molar refractivity (Wildman–Crippen MR) is 110 cm³/mol. The van der Waals surface area contributed by atoms with Crippen LogP contribution in [0.1, 0.15) is 17.0 Å². The van der Waals surface area contributed by atoms with Gasteiger partial charge in [0.15, 0.2) is 11.5 Å². The largest absolute Gasteiger partial charge is 0.493 e. The average molecular weight is 391 g/mol. The van der Waals surface area contributed by atoms with E-state index in [4.69, 9.17) is 18.9 Å². The molecule has 3 aromatic rings. The first kappa shape index (κ1) is 18.7. The molecular formula is C23H21NO5. The number of anilines is 1. The fraction of sp³-hybridized carbons (Fsp3) is 0.174. The number of rotatable bonds is 5. The second kappa shape index (κ2) is 7.75. The van der Waals surface area contributed by atoms with Gasteiger partial charge in [-0.25, -0.2) is 0 Å². The molecule has 1 heterocycles. The molecule has 148 valence electrons. The summed E-state index contributed by atoms with van der Waals surface area (Å²) < 4.78 is 22.1. The third kappa shape index (κ3) is 3.33. The maximum Gasteiger partial charge on any atom is 0.236 e. The number of carbonyl (C=O) groups excluding carboxylic acids is 1. The molecule has 0 saturated carbocycles. The fourth-order valence-electron chi connectivity index (χ4n) is 3.56. The summed E-state index contributed by atoms with van der Waals surface area (Å²) in [4.78, 5) is 13.4. The lowest BCUT2D eigenvalue weighted by atomic mass is 9.87. The van der Waals surface area contributed by atoms with Crippen LogP contribution in [0, 0.1) is 0 Å². The van der Waals surface area contributed by atoms with Crippen molar-refractivity contribution in [3.05, 3.63) is 71.8 Å². The number of carbonyl (C=O) groups is 1. The summed E-state index contributed by atoms with van der Waals surface area (Å²) in [6, 6.07) is 18.5. The van der Waals surface area contributed by atoms with Crippen LogP contribution in [-0.4, -0.2) is 27.2 Å². The standard InChI is InChI=1S/C23H21NO5/c1-26-19-12-14(13-20(27-2)22(19)28-3)24-23(25)21-15-8-4-6-10-17(15)29-18-11-7-5-9-16(18)21/h4-13,21H,1-3H3,(H,24,25). The highest BCUT2D eigenvalue weighted by atomic mass is 16.5. The maximum atomic E-state index is 13.4. The van der Waals surface area contributed by atoms with E-state index in [1.165, 1.54) is 21.3 Å². The Bertz CT molecular complexity index is 992. The second-order valence-corrected chi connectivity index (χ2v) is 6.51. The molecular weight excluding hydrogens is 370 g/mol. The highest BCUT2D eigenvalue weighted by Gasteiger charge is 2.32. The number of amides is 1. The molecule has 0 saturated heterocycles. The Balaban J connectivity index is 1.73. The molecule has 6 heteroatoms. The van der Waals surface area contributed by atoms with Gasteiger partial charge in [0.2, 0.25) is 11.7 Å². The number of hydrogen-bond donors (Lipinski definition) is 1. The van der Waals surface area contributed by atoms with Crippen LogP contribution in [0.4, 0.5) is 5.69 Å². The summed E-state index contributed by atoms with van der Waals surface area (Å²) in [5.41, 5.74) is 2.18. The average Bonchev–Trinajstić information content (AvgIpc) is 2.76. The molecule has 29 heavy (non-hydrogen) atoms. The van der Waals surface area contributed by atoms with Gasteiger partial charge in [0.1, 0.15) is 11.5 Å². The van der Waals surface area contributed by atoms with Crippen molar-refractivity contribution in [3.63, 3.8) is 0 Å². The van der Waals surface area contributed by atoms with Gasteiger partial charge in [-0.15, -0.1) is 0 Å². The number of para-hydroxylation sites is 2. The molecule has 0 spiro atoms. The van der Waals surface area contributed by atoms with Gasteiger partial charge in [0, 0.05) is 28.9 Å². The van der Waals surface area contributed by atoms with E-state index in [0.717, 1.165) is 11.1 Å². The van der Waals surface area contributed by atoms with Gasteiger partial charge in [-0.2, -0.15) is 0 Å². The monoisotopic (exact) mass is 391 g/mol. The summed E-state index contributed by atoms with van der Waals surface area (Å²) >= 11 is 0. The Morgan fingerprint density at radius 1 is 0.828 bits per heavy atom. The summed E-state index contributed by atoms with van der Waals surface area (Å²) in [6.07, 6.45) is 0. The highest BCUT2D eigenvalue weighted by Crippen LogP contribution is 2.45. The second-order valence-electron chi connectivity index (χ2n) is 6.51. The summed E-state index contributed by atoms with van der Waals surface area (Å²) in [6.45, 7) is 0. The number of nitrogens with one attached hydrogen (secondary N) is 1. The molecule has 0 aliphatic carbocycles. The van der Waals surface area contributed by atoms with Crippen molar-refractivity contribution in [1.82, 2.24) is 0 Å². The Morgan fingerprint density at radius 2 is 1.34 bits per heavy atom. The van der Waals surface area contributed by atoms with Crippen molar-refractivity contribution in [2.75, 3.05) is 26.6 Å². The van der Waals surface area contributed by atoms with Gasteiger partial charge < -0.3 is 24.3 Å². The number of methoxy groups -OCH3 is 3. The molecule has 0 atom stereocenters. The number of hydrogen-bond acceptors (Lipinski definition) is 5. The van der Waals surface area contributed by atoms with Crippen molar-refractivity contribution in [1.29, 1.82) is 0 Å². The molecule has 4 rings (SSSR count). The molecule has 1 aliphatic heterocycles. The lowest BCUT2D eigenvalue weighted by Crippen LogP contribution is -2.25. The lowest BCUT2D eigenvalue weighted by Gasteiger charge is -2.27. The van der Waals surface area contributed by atoms with Gasteiger partial charge in [-0.05, 0) is 12.1 Å². The van der Waals surface area contributed by atoms with Crippen LogP contribution >= 0.6 is 0 Å². The highest BCUT2D eigenvalue weighted by molar-refractivity contribution is 6.00. The van der Waals surface area contributed by atoms with E-state index < -0.39 is 5.92 Å². The SMILES string of the molecule is COc1cc(NC(=O)C2c3ccccc3Oc3ccccc32)cc(OC)c1OC. The molecule has 1 N–H and O–H groups in total. The molecule has 0 fully saturated rings. The fourth-order valence-corrected chi connectivity index (χ4v) is 3.56. The first-order valence-electron chi connectivity index (χ1n) is 9.12. The first-order valence-corrected chi connectivity index (χ1v) is 9.12. The number of fused-ring (bicyclic) bond motifs is 2. The molecule has 1 aliphatic rings. The van der Waals surface area contributed by atoms with Crippen LogP contribution in [-0.2, 0) is 4.79 Å². The minimum Gasteiger partial charge on any atom is -0.493 e. The molecule has 0 radical (unpaired) electrons. The topological polar surface area (TPSA) is 66.0 Å². The minimum absolute atomic E-state index is 0.178. The predicted octanol–water partition coefficient (Wildman–Crippen LogP) is 4.59. The quantitative estimate of drug-likeness (QED) is 0.689. The van der Waals surface area contributed by atoms with Crippen LogP contribution < -0.4 is 24.3 Å². The zero-order chi connectivity index (χ0) is 20.4. The van der Waals surface area contributed by atoms with E-state index in [1.54, 1.807) is 12.1 Å². The summed E-state index contributed by atoms with van der Waals surface area (Å²) in [5, 5.41) is 2.98. The van der Waals surface area contributed by atoms with Crippen LogP contribution in [0.2, 0.25) is 0 Å². The molecule has 1 amide bonds. The Hall–Kier alpha value is -3.67. The van der Waals surface area contributed by atoms with E-state index in [1.807, 2.05) is 48.5 Å². The zero-order valence-corrected chi connectivity index (χ0v) is 16.4. The van der Waals surface area contributed by atoms with E-state index in [9.17, 15) is 4.79 Å². The Kier molecular flexibility index (Phi) is 4.99. The minimum atomic E-state index is -0.504. The Morgan fingerprint density at radius 3 is 1.83 bits per heavy atom. The van der Waals surface area contributed by atoms with Crippen molar-refractivity contribution in [2.45, 2.75) is 5.92 Å². The van der Waals surface area contributed by atoms with E-state index >= 15 is 0 Å². The van der Waals surface area contributed by atoms with E-state index in [-0.39, 0.29) is 5.91 Å². The number of ether oxygens (including phenoxy) is 4. The van der Waals surface area contributed by atoms with Crippen molar-refractivity contribution < 1.29 is 23.7 Å². The van der Waals surface area contributed by atoms with E-state index in [2.05, 4.69) is 5.32 Å². The zero-order valence-electron chi connectivity index (χ0n) is 16.4.